The van der Waals surface area contributed by atoms with Gasteiger partial charge in [-0.2, -0.15) is 0 Å². The molecule has 0 saturated carbocycles. The van der Waals surface area contributed by atoms with Gasteiger partial charge in [-0.1, -0.05) is 6.92 Å². The quantitative estimate of drug-likeness (QED) is 0.729. The van der Waals surface area contributed by atoms with Crippen molar-refractivity contribution in [2.24, 2.45) is 0 Å². The lowest BCUT2D eigenvalue weighted by molar-refractivity contribution is -0.119. The number of rotatable bonds is 5. The molecule has 0 aliphatic heterocycles. The molecule has 5 nitrogen and oxygen atoms in total. The lowest BCUT2D eigenvalue weighted by atomic mass is 10.1. The number of anilines is 2. The fourth-order valence-electron chi connectivity index (χ4n) is 1.90. The fraction of sp³-hybridized carbons (Fsp3) is 0.286. The van der Waals surface area contributed by atoms with E-state index in [1.54, 1.807) is 18.3 Å². The van der Waals surface area contributed by atoms with Crippen molar-refractivity contribution in [3.05, 3.63) is 30.2 Å². The summed E-state index contributed by atoms with van der Waals surface area (Å²) in [5, 5.41) is 6.16. The van der Waals surface area contributed by atoms with Crippen LogP contribution in [0.1, 0.15) is 13.3 Å². The summed E-state index contributed by atoms with van der Waals surface area (Å²) >= 11 is 0. The van der Waals surface area contributed by atoms with Gasteiger partial charge in [-0.15, -0.1) is 0 Å². The maximum atomic E-state index is 14.0. The Morgan fingerprint density at radius 1 is 1.50 bits per heavy atom. The molecule has 1 heterocycles. The Bertz CT molecular complexity index is 630. The Labute approximate surface area is 116 Å². The van der Waals surface area contributed by atoms with Crippen molar-refractivity contribution in [3.8, 4) is 0 Å². The van der Waals surface area contributed by atoms with Gasteiger partial charge in [-0.05, 0) is 24.6 Å². The summed E-state index contributed by atoms with van der Waals surface area (Å²) in [7, 11) is 0. The number of halogens is 1. The summed E-state index contributed by atoms with van der Waals surface area (Å²) in [6, 6.07) is 4.73. The van der Waals surface area contributed by atoms with Crippen LogP contribution < -0.4 is 16.4 Å². The van der Waals surface area contributed by atoms with Crippen molar-refractivity contribution >= 4 is 28.2 Å². The van der Waals surface area contributed by atoms with Gasteiger partial charge >= 0.3 is 0 Å². The molecule has 0 spiro atoms. The molecule has 0 bridgehead atoms. The monoisotopic (exact) mass is 276 g/mol. The van der Waals surface area contributed by atoms with Crippen LogP contribution in [0, 0.1) is 5.82 Å². The highest BCUT2D eigenvalue weighted by Gasteiger charge is 2.12. The van der Waals surface area contributed by atoms with E-state index < -0.39 is 5.82 Å². The third-order valence-corrected chi connectivity index (χ3v) is 2.87. The van der Waals surface area contributed by atoms with Gasteiger partial charge in [0.2, 0.25) is 5.91 Å². The number of nitrogens with zero attached hydrogens (tertiary/aromatic N) is 1. The molecule has 6 heteroatoms. The predicted molar refractivity (Wildman–Crippen MR) is 77.9 cm³/mol. The number of hydrogen-bond acceptors (Lipinski definition) is 4. The summed E-state index contributed by atoms with van der Waals surface area (Å²) in [5.41, 5.74) is 6.71. The van der Waals surface area contributed by atoms with Crippen LogP contribution in [0.4, 0.5) is 15.8 Å². The SMILES string of the molecule is CCCNC(=O)CNc1c(F)cc(N)c2cccnc12. The van der Waals surface area contributed by atoms with Crippen LogP contribution in [-0.2, 0) is 4.79 Å². The molecule has 2 aromatic rings. The number of carbonyl (C=O) groups excluding carboxylic acids is 1. The first kappa shape index (κ1) is 14.0. The summed E-state index contributed by atoms with van der Waals surface area (Å²) in [6.07, 6.45) is 2.41. The number of nitrogens with two attached hydrogens (primary N) is 1. The van der Waals surface area contributed by atoms with Crippen LogP contribution in [0.3, 0.4) is 0 Å². The maximum absolute atomic E-state index is 14.0. The maximum Gasteiger partial charge on any atom is 0.239 e. The number of aromatic nitrogens is 1. The standard InChI is InChI=1S/C14H17FN4O/c1-2-5-17-12(20)8-19-14-10(15)7-11(16)9-4-3-6-18-13(9)14/h3-4,6-7,19H,2,5,8,16H2,1H3,(H,17,20). The van der Waals surface area contributed by atoms with Gasteiger partial charge in [0.05, 0.1) is 17.7 Å². The molecule has 0 aliphatic rings. The van der Waals surface area contributed by atoms with Crippen LogP contribution in [0.2, 0.25) is 0 Å². The Balaban J connectivity index is 2.23. The number of pyridine rings is 1. The molecular formula is C14H17FN4O. The van der Waals surface area contributed by atoms with Gasteiger partial charge < -0.3 is 16.4 Å². The van der Waals surface area contributed by atoms with Crippen LogP contribution in [0.25, 0.3) is 10.9 Å². The highest BCUT2D eigenvalue weighted by molar-refractivity contribution is 5.99. The van der Waals surface area contributed by atoms with Crippen molar-refractivity contribution < 1.29 is 9.18 Å². The zero-order chi connectivity index (χ0) is 14.5. The summed E-state index contributed by atoms with van der Waals surface area (Å²) < 4.78 is 14.0. The summed E-state index contributed by atoms with van der Waals surface area (Å²) in [5.74, 6) is -0.704. The molecule has 1 amide bonds. The van der Waals surface area contributed by atoms with Gasteiger partial charge in [0.1, 0.15) is 0 Å². The number of fused-ring (bicyclic) bond motifs is 1. The number of nitrogen functional groups attached to an aromatic ring is 1. The van der Waals surface area contributed by atoms with E-state index in [4.69, 9.17) is 5.73 Å². The van der Waals surface area contributed by atoms with E-state index in [9.17, 15) is 9.18 Å². The Morgan fingerprint density at radius 2 is 2.30 bits per heavy atom. The molecule has 0 fully saturated rings. The van der Waals surface area contributed by atoms with Gasteiger partial charge in [0, 0.05) is 23.8 Å². The number of carbonyl (C=O) groups is 1. The minimum absolute atomic E-state index is 0.00743. The number of nitrogens with one attached hydrogen (secondary N) is 2. The van der Waals surface area contributed by atoms with Crippen molar-refractivity contribution in [3.63, 3.8) is 0 Å². The highest BCUT2D eigenvalue weighted by Crippen LogP contribution is 2.29. The summed E-state index contributed by atoms with van der Waals surface area (Å²) in [4.78, 5) is 15.7. The largest absolute Gasteiger partial charge is 0.398 e. The first-order valence-corrected chi connectivity index (χ1v) is 6.46. The van der Waals surface area contributed by atoms with Crippen molar-refractivity contribution in [2.45, 2.75) is 13.3 Å². The van der Waals surface area contributed by atoms with Crippen LogP contribution in [-0.4, -0.2) is 24.0 Å². The van der Waals surface area contributed by atoms with E-state index in [-0.39, 0.29) is 18.1 Å². The van der Waals surface area contributed by atoms with Gasteiger partial charge in [-0.25, -0.2) is 4.39 Å². The van der Waals surface area contributed by atoms with Gasteiger partial charge in [0.15, 0.2) is 5.82 Å². The fourth-order valence-corrected chi connectivity index (χ4v) is 1.90. The molecule has 0 unspecified atom stereocenters. The molecule has 4 N–H and O–H groups in total. The van der Waals surface area contributed by atoms with E-state index in [1.807, 2.05) is 6.92 Å². The van der Waals surface area contributed by atoms with Crippen LogP contribution in [0.5, 0.6) is 0 Å². The first-order valence-electron chi connectivity index (χ1n) is 6.46. The van der Waals surface area contributed by atoms with E-state index in [2.05, 4.69) is 15.6 Å². The van der Waals surface area contributed by atoms with Crippen LogP contribution in [0.15, 0.2) is 24.4 Å². The number of hydrogen-bond donors (Lipinski definition) is 3. The molecule has 0 radical (unpaired) electrons. The topological polar surface area (TPSA) is 80.0 Å². The summed E-state index contributed by atoms with van der Waals surface area (Å²) in [6.45, 7) is 2.56. The Hall–Kier alpha value is -2.37. The Morgan fingerprint density at radius 3 is 3.05 bits per heavy atom. The molecule has 2 rings (SSSR count). The lowest BCUT2D eigenvalue weighted by Crippen LogP contribution is -2.30. The minimum Gasteiger partial charge on any atom is -0.398 e. The van der Waals surface area contributed by atoms with Crippen molar-refractivity contribution in [2.75, 3.05) is 24.1 Å². The second kappa shape index (κ2) is 6.18. The first-order chi connectivity index (χ1) is 9.63. The molecule has 0 aliphatic carbocycles. The Kier molecular flexibility index (Phi) is 4.34. The molecule has 1 aromatic carbocycles. The molecule has 106 valence electrons. The highest BCUT2D eigenvalue weighted by atomic mass is 19.1. The van der Waals surface area contributed by atoms with Crippen molar-refractivity contribution in [1.29, 1.82) is 0 Å². The van der Waals surface area contributed by atoms with Gasteiger partial charge in [0.25, 0.3) is 0 Å². The average Bonchev–Trinajstić information content (AvgIpc) is 2.45. The predicted octanol–water partition coefficient (Wildman–Crippen LogP) is 1.89. The minimum atomic E-state index is -0.517. The molecular weight excluding hydrogens is 259 g/mol. The normalized spacial score (nSPS) is 10.5. The van der Waals surface area contributed by atoms with E-state index in [0.29, 0.717) is 23.1 Å². The van der Waals surface area contributed by atoms with Gasteiger partial charge in [-0.3, -0.25) is 9.78 Å². The van der Waals surface area contributed by atoms with E-state index >= 15 is 0 Å². The third kappa shape index (κ3) is 2.96. The molecule has 1 aromatic heterocycles. The molecule has 0 saturated heterocycles. The van der Waals surface area contributed by atoms with E-state index in [0.717, 1.165) is 6.42 Å². The average molecular weight is 276 g/mol. The second-order valence-corrected chi connectivity index (χ2v) is 4.43. The smallest absolute Gasteiger partial charge is 0.239 e. The zero-order valence-electron chi connectivity index (χ0n) is 11.2. The van der Waals surface area contributed by atoms with E-state index in [1.165, 1.54) is 6.07 Å². The molecule has 20 heavy (non-hydrogen) atoms. The zero-order valence-corrected chi connectivity index (χ0v) is 11.2. The van der Waals surface area contributed by atoms with Crippen molar-refractivity contribution in [1.82, 2.24) is 10.3 Å². The van der Waals surface area contributed by atoms with Crippen LogP contribution >= 0.6 is 0 Å². The number of amides is 1. The molecule has 0 atom stereocenters. The lowest BCUT2D eigenvalue weighted by Gasteiger charge is -2.11. The third-order valence-electron chi connectivity index (χ3n) is 2.87. The number of benzene rings is 1. The second-order valence-electron chi connectivity index (χ2n) is 4.43.